The van der Waals surface area contributed by atoms with Crippen LogP contribution in [0.4, 0.5) is 0 Å². The van der Waals surface area contributed by atoms with Crippen molar-refractivity contribution in [3.05, 3.63) is 77.9 Å². The van der Waals surface area contributed by atoms with Gasteiger partial charge in [0.05, 0.1) is 0 Å². The Morgan fingerprint density at radius 3 is 2.50 bits per heavy atom. The average molecular weight is 373 g/mol. The van der Waals surface area contributed by atoms with E-state index in [0.717, 1.165) is 23.6 Å². The molecule has 0 fully saturated rings. The Kier molecular flexibility index (Phi) is 4.86. The smallest absolute Gasteiger partial charge is 0.132 e. The van der Waals surface area contributed by atoms with Crippen molar-refractivity contribution in [2.75, 3.05) is 27.2 Å². The molecule has 0 bridgehead atoms. The van der Waals surface area contributed by atoms with Gasteiger partial charge in [-0.3, -0.25) is 0 Å². The Hall–Kier alpha value is -2.78. The van der Waals surface area contributed by atoms with Gasteiger partial charge >= 0.3 is 0 Å². The van der Waals surface area contributed by atoms with Crippen molar-refractivity contribution in [1.82, 2.24) is 4.90 Å². The SMILES string of the molecule is CN(C)CCOc1ccc2c(c1)OC(C)(C)C=C2c1ccc2ccccc2c1. The lowest BCUT2D eigenvalue weighted by atomic mass is 9.89. The van der Waals surface area contributed by atoms with Crippen molar-refractivity contribution >= 4 is 16.3 Å². The number of fused-ring (bicyclic) bond motifs is 2. The van der Waals surface area contributed by atoms with Crippen molar-refractivity contribution in [3.63, 3.8) is 0 Å². The van der Waals surface area contributed by atoms with Crippen LogP contribution >= 0.6 is 0 Å². The first-order valence-electron chi connectivity index (χ1n) is 9.74. The molecule has 0 unspecified atom stereocenters. The monoisotopic (exact) mass is 373 g/mol. The number of likely N-dealkylation sites (N-methyl/N-ethyl adjacent to an activating group) is 1. The molecule has 0 amide bonds. The predicted octanol–water partition coefficient (Wildman–Crippen LogP) is 5.38. The normalized spacial score (nSPS) is 15.1. The topological polar surface area (TPSA) is 21.7 Å². The fourth-order valence-corrected chi connectivity index (χ4v) is 3.58. The summed E-state index contributed by atoms with van der Waals surface area (Å²) in [5.74, 6) is 1.72. The number of benzene rings is 3. The van der Waals surface area contributed by atoms with Gasteiger partial charge in [-0.25, -0.2) is 0 Å². The largest absolute Gasteiger partial charge is 0.492 e. The first-order valence-corrected chi connectivity index (χ1v) is 9.74. The van der Waals surface area contributed by atoms with Crippen molar-refractivity contribution in [3.8, 4) is 11.5 Å². The molecule has 3 aromatic rings. The van der Waals surface area contributed by atoms with Crippen LogP contribution in [-0.4, -0.2) is 37.7 Å². The van der Waals surface area contributed by atoms with Crippen LogP contribution in [0.1, 0.15) is 25.0 Å². The van der Waals surface area contributed by atoms with Gasteiger partial charge in [0, 0.05) is 18.2 Å². The average Bonchev–Trinajstić information content (AvgIpc) is 2.65. The minimum Gasteiger partial charge on any atom is -0.492 e. The molecule has 0 aliphatic carbocycles. The van der Waals surface area contributed by atoms with Gasteiger partial charge < -0.3 is 14.4 Å². The lowest BCUT2D eigenvalue weighted by molar-refractivity contribution is 0.157. The standard InChI is InChI=1S/C25H27NO2/c1-25(2)17-23(20-10-9-18-7-5-6-8-19(18)15-20)22-12-11-21(16-24(22)28-25)27-14-13-26(3)4/h5-12,15-17H,13-14H2,1-4H3. The zero-order chi connectivity index (χ0) is 19.7. The summed E-state index contributed by atoms with van der Waals surface area (Å²) in [6.45, 7) is 5.72. The number of nitrogens with zero attached hydrogens (tertiary/aromatic N) is 1. The van der Waals surface area contributed by atoms with Crippen molar-refractivity contribution in [2.24, 2.45) is 0 Å². The lowest BCUT2D eigenvalue weighted by Crippen LogP contribution is -2.29. The van der Waals surface area contributed by atoms with Crippen LogP contribution in [0.2, 0.25) is 0 Å². The summed E-state index contributed by atoms with van der Waals surface area (Å²) in [7, 11) is 4.09. The maximum absolute atomic E-state index is 6.26. The van der Waals surface area contributed by atoms with Crippen LogP contribution in [0, 0.1) is 0 Å². The Morgan fingerprint density at radius 1 is 0.929 bits per heavy atom. The van der Waals surface area contributed by atoms with E-state index in [0.29, 0.717) is 6.61 Å². The van der Waals surface area contributed by atoms with Crippen LogP contribution in [-0.2, 0) is 0 Å². The van der Waals surface area contributed by atoms with E-state index >= 15 is 0 Å². The first kappa shape index (κ1) is 18.6. The zero-order valence-corrected chi connectivity index (χ0v) is 17.0. The van der Waals surface area contributed by atoms with Gasteiger partial charge in [-0.15, -0.1) is 0 Å². The molecular formula is C25H27NO2. The van der Waals surface area contributed by atoms with E-state index < -0.39 is 0 Å². The molecule has 1 aliphatic heterocycles. The molecule has 0 spiro atoms. The first-order chi connectivity index (χ1) is 13.4. The molecule has 0 saturated carbocycles. The molecule has 144 valence electrons. The van der Waals surface area contributed by atoms with Crippen molar-refractivity contribution in [2.45, 2.75) is 19.4 Å². The van der Waals surface area contributed by atoms with Gasteiger partial charge in [0.2, 0.25) is 0 Å². The van der Waals surface area contributed by atoms with Crippen LogP contribution in [0.25, 0.3) is 16.3 Å². The van der Waals surface area contributed by atoms with Crippen LogP contribution in [0.5, 0.6) is 11.5 Å². The summed E-state index contributed by atoms with van der Waals surface area (Å²) in [5, 5.41) is 2.50. The summed E-state index contributed by atoms with van der Waals surface area (Å²) in [4.78, 5) is 2.11. The third kappa shape index (κ3) is 3.90. The maximum Gasteiger partial charge on any atom is 0.132 e. The quantitative estimate of drug-likeness (QED) is 0.599. The molecule has 0 atom stereocenters. The van der Waals surface area contributed by atoms with Gasteiger partial charge in [-0.1, -0.05) is 36.4 Å². The molecule has 3 aromatic carbocycles. The minimum absolute atomic E-state index is 0.379. The second kappa shape index (κ2) is 7.33. The zero-order valence-electron chi connectivity index (χ0n) is 17.0. The summed E-state index contributed by atoms with van der Waals surface area (Å²) < 4.78 is 12.2. The van der Waals surface area contributed by atoms with Gasteiger partial charge in [0.25, 0.3) is 0 Å². The van der Waals surface area contributed by atoms with E-state index in [9.17, 15) is 0 Å². The number of rotatable bonds is 5. The van der Waals surface area contributed by atoms with E-state index in [2.05, 4.69) is 73.4 Å². The third-order valence-electron chi connectivity index (χ3n) is 4.98. The second-order valence-electron chi connectivity index (χ2n) is 8.14. The summed E-state index contributed by atoms with van der Waals surface area (Å²) in [6.07, 6.45) is 2.21. The highest BCUT2D eigenvalue weighted by Crippen LogP contribution is 2.41. The highest BCUT2D eigenvalue weighted by Gasteiger charge is 2.27. The van der Waals surface area contributed by atoms with E-state index in [4.69, 9.17) is 9.47 Å². The number of hydrogen-bond donors (Lipinski definition) is 0. The molecule has 3 heteroatoms. The molecule has 1 aliphatic rings. The van der Waals surface area contributed by atoms with E-state index in [1.54, 1.807) is 0 Å². The number of hydrogen-bond acceptors (Lipinski definition) is 3. The van der Waals surface area contributed by atoms with Gasteiger partial charge in [0.15, 0.2) is 0 Å². The molecular weight excluding hydrogens is 346 g/mol. The van der Waals surface area contributed by atoms with E-state index in [-0.39, 0.29) is 5.60 Å². The fourth-order valence-electron chi connectivity index (χ4n) is 3.58. The minimum atomic E-state index is -0.379. The molecule has 3 nitrogen and oxygen atoms in total. The Bertz CT molecular complexity index is 1030. The molecule has 4 rings (SSSR count). The Balaban J connectivity index is 1.71. The molecule has 0 saturated heterocycles. The summed E-state index contributed by atoms with van der Waals surface area (Å²) >= 11 is 0. The van der Waals surface area contributed by atoms with Gasteiger partial charge in [0.1, 0.15) is 23.7 Å². The van der Waals surface area contributed by atoms with Crippen LogP contribution in [0.15, 0.2) is 66.7 Å². The molecule has 0 radical (unpaired) electrons. The summed E-state index contributed by atoms with van der Waals surface area (Å²) in [6, 6.07) is 21.3. The second-order valence-corrected chi connectivity index (χ2v) is 8.14. The third-order valence-corrected chi connectivity index (χ3v) is 4.98. The lowest BCUT2D eigenvalue weighted by Gasteiger charge is -2.31. The van der Waals surface area contributed by atoms with Gasteiger partial charge in [-0.2, -0.15) is 0 Å². The Morgan fingerprint density at radius 2 is 1.71 bits per heavy atom. The van der Waals surface area contributed by atoms with E-state index in [1.807, 2.05) is 26.2 Å². The Labute approximate surface area is 167 Å². The number of ether oxygens (including phenoxy) is 2. The van der Waals surface area contributed by atoms with Crippen LogP contribution < -0.4 is 9.47 Å². The van der Waals surface area contributed by atoms with Crippen molar-refractivity contribution in [1.29, 1.82) is 0 Å². The van der Waals surface area contributed by atoms with Crippen LogP contribution in [0.3, 0.4) is 0 Å². The fraction of sp³-hybridized carbons (Fsp3) is 0.280. The molecule has 1 heterocycles. The highest BCUT2D eigenvalue weighted by atomic mass is 16.5. The summed E-state index contributed by atoms with van der Waals surface area (Å²) in [5.41, 5.74) is 3.14. The molecule has 0 N–H and O–H groups in total. The molecule has 28 heavy (non-hydrogen) atoms. The molecule has 0 aromatic heterocycles. The van der Waals surface area contributed by atoms with Crippen molar-refractivity contribution < 1.29 is 9.47 Å². The van der Waals surface area contributed by atoms with E-state index in [1.165, 1.54) is 21.9 Å². The maximum atomic E-state index is 6.26. The predicted molar refractivity (Wildman–Crippen MR) is 116 cm³/mol. The highest BCUT2D eigenvalue weighted by molar-refractivity contribution is 5.91. The van der Waals surface area contributed by atoms with Gasteiger partial charge in [-0.05, 0) is 74.1 Å².